The second-order valence-corrected chi connectivity index (χ2v) is 9.14. The van der Waals surface area contributed by atoms with Crippen LogP contribution in [0.25, 0.3) is 5.76 Å². The van der Waals surface area contributed by atoms with Crippen molar-refractivity contribution in [2.24, 2.45) is 0 Å². The lowest BCUT2D eigenvalue weighted by atomic mass is 9.94. The summed E-state index contributed by atoms with van der Waals surface area (Å²) >= 11 is 0. The van der Waals surface area contributed by atoms with Crippen LogP contribution < -0.4 is 4.74 Å². The van der Waals surface area contributed by atoms with Crippen LogP contribution in [0.2, 0.25) is 0 Å². The molecule has 1 amide bonds. The van der Waals surface area contributed by atoms with Gasteiger partial charge in [0.25, 0.3) is 11.7 Å². The molecule has 1 aliphatic rings. The first-order chi connectivity index (χ1) is 16.7. The highest BCUT2D eigenvalue weighted by atomic mass is 16.5. The number of hydrogen-bond donors (Lipinski definition) is 2. The number of carbonyl (C=O) groups excluding carboxylic acids is 2. The number of ether oxygens (including phenoxy) is 1. The molecular formula is C29H29NO5. The summed E-state index contributed by atoms with van der Waals surface area (Å²) in [6, 6.07) is 18.3. The fraction of sp³-hybridized carbons (Fsp3) is 0.241. The zero-order valence-electron chi connectivity index (χ0n) is 20.3. The Morgan fingerprint density at radius 3 is 2.40 bits per heavy atom. The summed E-state index contributed by atoms with van der Waals surface area (Å²) < 4.78 is 5.74. The van der Waals surface area contributed by atoms with Gasteiger partial charge < -0.3 is 19.8 Å². The van der Waals surface area contributed by atoms with E-state index in [-0.39, 0.29) is 29.7 Å². The zero-order valence-corrected chi connectivity index (χ0v) is 20.3. The zero-order chi connectivity index (χ0) is 25.3. The van der Waals surface area contributed by atoms with E-state index in [9.17, 15) is 19.8 Å². The van der Waals surface area contributed by atoms with E-state index in [1.54, 1.807) is 36.4 Å². The number of carbonyl (C=O) groups is 2. The average Bonchev–Trinajstić information content (AvgIpc) is 3.06. The molecule has 0 aliphatic carbocycles. The number of benzene rings is 3. The predicted molar refractivity (Wildman–Crippen MR) is 134 cm³/mol. The van der Waals surface area contributed by atoms with Gasteiger partial charge >= 0.3 is 0 Å². The summed E-state index contributed by atoms with van der Waals surface area (Å²) in [7, 11) is 0. The van der Waals surface area contributed by atoms with E-state index >= 15 is 0 Å². The van der Waals surface area contributed by atoms with E-state index in [0.29, 0.717) is 16.9 Å². The largest absolute Gasteiger partial charge is 0.508 e. The Hall–Kier alpha value is -4.06. The standard InChI is InChI=1S/C29H29NO5/c1-17(2)35-24-7-5-6-21(15-24)27(32)25-26(20-10-12-23(31)13-11-20)30(29(34)28(25)33)16-22-14-18(3)8-9-19(22)4/h5-15,17,26,31-32H,16H2,1-4H3/b27-25-. The van der Waals surface area contributed by atoms with Crippen LogP contribution in [0.1, 0.15) is 47.7 Å². The van der Waals surface area contributed by atoms with Gasteiger partial charge in [0.1, 0.15) is 17.3 Å². The Balaban J connectivity index is 1.85. The molecule has 2 N–H and O–H groups in total. The molecule has 6 nitrogen and oxygen atoms in total. The lowest BCUT2D eigenvalue weighted by molar-refractivity contribution is -0.140. The molecule has 3 aromatic carbocycles. The number of aryl methyl sites for hydroxylation is 2. The normalized spacial score (nSPS) is 17.3. The number of amides is 1. The number of aliphatic hydroxyl groups excluding tert-OH is 1. The van der Waals surface area contributed by atoms with Crippen molar-refractivity contribution in [3.05, 3.63) is 100 Å². The third kappa shape index (κ3) is 4.92. The molecule has 1 aliphatic heterocycles. The topological polar surface area (TPSA) is 87.1 Å². The van der Waals surface area contributed by atoms with Gasteiger partial charge in [-0.1, -0.05) is 48.0 Å². The molecule has 1 saturated heterocycles. The minimum absolute atomic E-state index is 0.00712. The number of phenolic OH excluding ortho intramolecular Hbond substituents is 1. The van der Waals surface area contributed by atoms with Crippen LogP contribution in [0.3, 0.4) is 0 Å². The minimum Gasteiger partial charge on any atom is -0.508 e. The number of hydrogen-bond acceptors (Lipinski definition) is 5. The lowest BCUT2D eigenvalue weighted by Gasteiger charge is -2.26. The van der Waals surface area contributed by atoms with Gasteiger partial charge in [0.2, 0.25) is 0 Å². The van der Waals surface area contributed by atoms with Crippen LogP contribution in [-0.4, -0.2) is 32.9 Å². The van der Waals surface area contributed by atoms with Crippen molar-refractivity contribution in [3.8, 4) is 11.5 Å². The summed E-state index contributed by atoms with van der Waals surface area (Å²) in [4.78, 5) is 28.1. The second kappa shape index (κ2) is 9.66. The Labute approximate surface area is 205 Å². The summed E-state index contributed by atoms with van der Waals surface area (Å²) in [6.07, 6.45) is -0.0625. The van der Waals surface area contributed by atoms with E-state index in [0.717, 1.165) is 16.7 Å². The Morgan fingerprint density at radius 2 is 1.71 bits per heavy atom. The number of likely N-dealkylation sites (tertiary alicyclic amines) is 1. The monoisotopic (exact) mass is 471 g/mol. The Morgan fingerprint density at radius 1 is 1.00 bits per heavy atom. The summed E-state index contributed by atoms with van der Waals surface area (Å²) in [5, 5.41) is 21.1. The van der Waals surface area contributed by atoms with E-state index in [1.807, 2.05) is 45.9 Å². The van der Waals surface area contributed by atoms with Crippen molar-refractivity contribution >= 4 is 17.4 Å². The first-order valence-corrected chi connectivity index (χ1v) is 11.6. The first-order valence-electron chi connectivity index (χ1n) is 11.6. The van der Waals surface area contributed by atoms with Crippen LogP contribution in [0, 0.1) is 13.8 Å². The molecule has 35 heavy (non-hydrogen) atoms. The highest BCUT2D eigenvalue weighted by Crippen LogP contribution is 2.41. The molecule has 6 heteroatoms. The molecule has 1 unspecified atom stereocenters. The van der Waals surface area contributed by atoms with Crippen molar-refractivity contribution in [3.63, 3.8) is 0 Å². The van der Waals surface area contributed by atoms with Crippen molar-refractivity contribution in [2.45, 2.75) is 46.4 Å². The van der Waals surface area contributed by atoms with Gasteiger partial charge in [-0.25, -0.2) is 0 Å². The van der Waals surface area contributed by atoms with Crippen molar-refractivity contribution < 1.29 is 24.5 Å². The molecule has 0 bridgehead atoms. The summed E-state index contributed by atoms with van der Waals surface area (Å²) in [5.41, 5.74) is 3.97. The fourth-order valence-electron chi connectivity index (χ4n) is 4.34. The molecule has 1 heterocycles. The third-order valence-electron chi connectivity index (χ3n) is 6.07. The second-order valence-electron chi connectivity index (χ2n) is 9.14. The number of rotatable bonds is 6. The molecule has 3 aromatic rings. The molecule has 4 rings (SSSR count). The number of aliphatic hydroxyl groups is 1. The predicted octanol–water partition coefficient (Wildman–Crippen LogP) is 5.42. The Bertz CT molecular complexity index is 1310. The van der Waals surface area contributed by atoms with E-state index in [2.05, 4.69) is 0 Å². The van der Waals surface area contributed by atoms with Crippen LogP contribution in [0.15, 0.2) is 72.3 Å². The average molecular weight is 472 g/mol. The lowest BCUT2D eigenvalue weighted by Crippen LogP contribution is -2.29. The molecule has 0 radical (unpaired) electrons. The molecule has 180 valence electrons. The van der Waals surface area contributed by atoms with Gasteiger partial charge in [0, 0.05) is 12.1 Å². The number of phenols is 1. The SMILES string of the molecule is Cc1ccc(C)c(CN2C(=O)C(=O)/C(=C(\O)c3cccc(OC(C)C)c3)C2c2ccc(O)cc2)c1. The van der Waals surface area contributed by atoms with Gasteiger partial charge in [-0.05, 0) is 68.7 Å². The van der Waals surface area contributed by atoms with Gasteiger partial charge in [-0.3, -0.25) is 9.59 Å². The summed E-state index contributed by atoms with van der Waals surface area (Å²) in [6.45, 7) is 7.94. The van der Waals surface area contributed by atoms with Gasteiger partial charge in [0.05, 0.1) is 17.7 Å². The molecule has 1 fully saturated rings. The first kappa shape index (κ1) is 24.1. The summed E-state index contributed by atoms with van der Waals surface area (Å²) in [5.74, 6) is -1.08. The number of aromatic hydroxyl groups is 1. The number of ketones is 1. The quantitative estimate of drug-likeness (QED) is 0.285. The Kier molecular flexibility index (Phi) is 6.65. The highest BCUT2D eigenvalue weighted by molar-refractivity contribution is 6.46. The molecular weight excluding hydrogens is 442 g/mol. The van der Waals surface area contributed by atoms with Gasteiger partial charge in [0.15, 0.2) is 0 Å². The van der Waals surface area contributed by atoms with Crippen LogP contribution in [0.5, 0.6) is 11.5 Å². The fourth-order valence-corrected chi connectivity index (χ4v) is 4.34. The molecule has 1 atom stereocenters. The van der Waals surface area contributed by atoms with Gasteiger partial charge in [-0.15, -0.1) is 0 Å². The highest BCUT2D eigenvalue weighted by Gasteiger charge is 2.46. The van der Waals surface area contributed by atoms with E-state index in [1.165, 1.54) is 17.0 Å². The maximum atomic E-state index is 13.3. The van der Waals surface area contributed by atoms with Crippen LogP contribution in [-0.2, 0) is 16.1 Å². The maximum Gasteiger partial charge on any atom is 0.295 e. The third-order valence-corrected chi connectivity index (χ3v) is 6.07. The van der Waals surface area contributed by atoms with Crippen LogP contribution >= 0.6 is 0 Å². The molecule has 0 aromatic heterocycles. The minimum atomic E-state index is -0.815. The van der Waals surface area contributed by atoms with Crippen molar-refractivity contribution in [1.82, 2.24) is 4.90 Å². The van der Waals surface area contributed by atoms with Crippen LogP contribution in [0.4, 0.5) is 0 Å². The van der Waals surface area contributed by atoms with E-state index < -0.39 is 17.7 Å². The van der Waals surface area contributed by atoms with Gasteiger partial charge in [-0.2, -0.15) is 0 Å². The van der Waals surface area contributed by atoms with Crippen molar-refractivity contribution in [1.29, 1.82) is 0 Å². The molecule has 0 saturated carbocycles. The van der Waals surface area contributed by atoms with Crippen molar-refractivity contribution in [2.75, 3.05) is 0 Å². The smallest absolute Gasteiger partial charge is 0.295 e. The number of Topliss-reactive ketones (excluding diaryl/α,β-unsaturated/α-hetero) is 1. The number of nitrogens with zero attached hydrogens (tertiary/aromatic N) is 1. The maximum absolute atomic E-state index is 13.3. The van der Waals surface area contributed by atoms with E-state index in [4.69, 9.17) is 4.74 Å². The molecule has 0 spiro atoms.